The molecular weight excluding hydrogens is 465 g/mol. The number of nitrogens with zero attached hydrogens (tertiary/aromatic N) is 3. The van der Waals surface area contributed by atoms with Gasteiger partial charge in [0, 0.05) is 38.6 Å². The van der Waals surface area contributed by atoms with Crippen molar-refractivity contribution in [3.63, 3.8) is 0 Å². The fraction of sp³-hybridized carbons (Fsp3) is 0.524. The fourth-order valence-corrected chi connectivity index (χ4v) is 3.33. The van der Waals surface area contributed by atoms with E-state index >= 15 is 0 Å². The zero-order valence-corrected chi connectivity index (χ0v) is 19.2. The van der Waals surface area contributed by atoms with Gasteiger partial charge in [-0.25, -0.2) is 9.98 Å². The molecule has 2 aromatic rings. The van der Waals surface area contributed by atoms with Crippen LogP contribution in [0.5, 0.6) is 0 Å². The van der Waals surface area contributed by atoms with Crippen molar-refractivity contribution in [3.05, 3.63) is 54.1 Å². The maximum Gasteiger partial charge on any atom is 0.191 e. The predicted octanol–water partition coefficient (Wildman–Crippen LogP) is 3.37. The summed E-state index contributed by atoms with van der Waals surface area (Å²) in [5.41, 5.74) is 1.24. The molecule has 1 aromatic carbocycles. The quantitative estimate of drug-likeness (QED) is 0.334. The number of ether oxygens (including phenoxy) is 1. The summed E-state index contributed by atoms with van der Waals surface area (Å²) in [5, 5.41) is 6.73. The number of aliphatic imine (C=N–C) groups is 1. The van der Waals surface area contributed by atoms with Gasteiger partial charge in [0.05, 0.1) is 5.60 Å². The van der Waals surface area contributed by atoms with Crippen molar-refractivity contribution in [2.24, 2.45) is 4.99 Å². The van der Waals surface area contributed by atoms with Gasteiger partial charge in [0.15, 0.2) is 5.96 Å². The summed E-state index contributed by atoms with van der Waals surface area (Å²) in [6, 6.07) is 10.5. The minimum absolute atomic E-state index is 0. The maximum atomic E-state index is 5.85. The molecule has 3 rings (SSSR count). The van der Waals surface area contributed by atoms with Crippen LogP contribution in [0.15, 0.2) is 47.7 Å². The molecular formula is C21H32IN5O. The number of hydrogen-bond donors (Lipinski definition) is 2. The Kier molecular flexibility index (Phi) is 9.24. The summed E-state index contributed by atoms with van der Waals surface area (Å²) in [4.78, 5) is 9.21. The van der Waals surface area contributed by atoms with Crippen molar-refractivity contribution in [2.45, 2.75) is 51.8 Å². The van der Waals surface area contributed by atoms with Crippen molar-refractivity contribution in [1.29, 1.82) is 0 Å². The molecule has 1 saturated heterocycles. The second-order valence-electron chi connectivity index (χ2n) is 7.22. The number of guanidine groups is 1. The normalized spacial score (nSPS) is 19.3. The summed E-state index contributed by atoms with van der Waals surface area (Å²) in [7, 11) is 0. The first kappa shape index (κ1) is 22.7. The topological polar surface area (TPSA) is 63.5 Å². The lowest BCUT2D eigenvalue weighted by molar-refractivity contribution is 0.0243. The first-order valence-corrected chi connectivity index (χ1v) is 9.88. The van der Waals surface area contributed by atoms with E-state index in [1.807, 2.05) is 18.5 Å². The van der Waals surface area contributed by atoms with Gasteiger partial charge in [-0.3, -0.25) is 0 Å². The lowest BCUT2D eigenvalue weighted by Gasteiger charge is -2.24. The van der Waals surface area contributed by atoms with Crippen molar-refractivity contribution >= 4 is 29.9 Å². The summed E-state index contributed by atoms with van der Waals surface area (Å²) < 4.78 is 8.03. The van der Waals surface area contributed by atoms with Crippen molar-refractivity contribution in [3.8, 4) is 0 Å². The second kappa shape index (κ2) is 11.4. The Morgan fingerprint density at radius 1 is 1.29 bits per heavy atom. The molecule has 2 heterocycles. The van der Waals surface area contributed by atoms with Gasteiger partial charge in [0.2, 0.25) is 0 Å². The van der Waals surface area contributed by atoms with E-state index in [2.05, 4.69) is 58.3 Å². The Morgan fingerprint density at radius 2 is 2.11 bits per heavy atom. The van der Waals surface area contributed by atoms with Gasteiger partial charge in [-0.15, -0.1) is 24.0 Å². The van der Waals surface area contributed by atoms with Crippen LogP contribution in [0, 0.1) is 0 Å². The Balaban J connectivity index is 0.00000280. The third kappa shape index (κ3) is 6.77. The fourth-order valence-electron chi connectivity index (χ4n) is 3.33. The molecule has 1 aromatic heterocycles. The first-order valence-electron chi connectivity index (χ1n) is 9.88. The van der Waals surface area contributed by atoms with Crippen LogP contribution in [-0.2, 0) is 24.2 Å². The van der Waals surface area contributed by atoms with Crippen LogP contribution < -0.4 is 10.6 Å². The van der Waals surface area contributed by atoms with Crippen molar-refractivity contribution in [2.75, 3.05) is 19.7 Å². The molecule has 7 heteroatoms. The largest absolute Gasteiger partial charge is 0.373 e. The number of aryl methyl sites for hydroxylation is 2. The summed E-state index contributed by atoms with van der Waals surface area (Å²) in [6.07, 6.45) is 7.08. The van der Waals surface area contributed by atoms with Crippen LogP contribution >= 0.6 is 24.0 Å². The molecule has 0 amide bonds. The Hall–Kier alpha value is -1.61. The molecule has 2 N–H and O–H groups in total. The SMILES string of the molecule is CCNC(=NCc1nccn1CCc1ccccc1)NCC1(C)CCCO1.I. The van der Waals surface area contributed by atoms with Gasteiger partial charge >= 0.3 is 0 Å². The van der Waals surface area contributed by atoms with Crippen LogP contribution in [0.1, 0.15) is 38.1 Å². The highest BCUT2D eigenvalue weighted by Gasteiger charge is 2.29. The van der Waals surface area contributed by atoms with Crippen molar-refractivity contribution in [1.82, 2.24) is 20.2 Å². The summed E-state index contributed by atoms with van der Waals surface area (Å²) in [6.45, 7) is 8.13. The van der Waals surface area contributed by atoms with Gasteiger partial charge in [-0.2, -0.15) is 0 Å². The summed E-state index contributed by atoms with van der Waals surface area (Å²) >= 11 is 0. The molecule has 0 saturated carbocycles. The van der Waals surface area contributed by atoms with E-state index in [9.17, 15) is 0 Å². The highest BCUT2D eigenvalue weighted by atomic mass is 127. The predicted molar refractivity (Wildman–Crippen MR) is 124 cm³/mol. The van der Waals surface area contributed by atoms with E-state index in [1.54, 1.807) is 0 Å². The van der Waals surface area contributed by atoms with Gasteiger partial charge < -0.3 is 19.9 Å². The second-order valence-corrected chi connectivity index (χ2v) is 7.22. The van der Waals surface area contributed by atoms with Gasteiger partial charge in [-0.05, 0) is 38.7 Å². The molecule has 1 atom stereocenters. The number of aromatic nitrogens is 2. The lowest BCUT2D eigenvalue weighted by Crippen LogP contribution is -2.45. The molecule has 1 aliphatic heterocycles. The Morgan fingerprint density at radius 3 is 2.82 bits per heavy atom. The third-order valence-electron chi connectivity index (χ3n) is 4.94. The van der Waals surface area contributed by atoms with E-state index in [1.165, 1.54) is 5.56 Å². The Bertz CT molecular complexity index is 725. The molecule has 1 unspecified atom stereocenters. The van der Waals surface area contributed by atoms with E-state index in [-0.39, 0.29) is 29.6 Å². The maximum absolute atomic E-state index is 5.85. The van der Waals surface area contributed by atoms with Crippen LogP contribution in [-0.4, -0.2) is 40.8 Å². The van der Waals surface area contributed by atoms with Gasteiger partial charge in [-0.1, -0.05) is 30.3 Å². The average Bonchev–Trinajstić information content (AvgIpc) is 3.32. The van der Waals surface area contributed by atoms with E-state index in [0.29, 0.717) is 6.54 Å². The zero-order chi connectivity index (χ0) is 19.0. The molecule has 0 radical (unpaired) electrons. The van der Waals surface area contributed by atoms with Gasteiger partial charge in [0.1, 0.15) is 12.4 Å². The number of benzene rings is 1. The minimum Gasteiger partial charge on any atom is -0.373 e. The number of halogens is 1. The molecule has 0 aliphatic carbocycles. The highest BCUT2D eigenvalue weighted by Crippen LogP contribution is 2.23. The molecule has 0 bridgehead atoms. The van der Waals surface area contributed by atoms with Gasteiger partial charge in [0.25, 0.3) is 0 Å². The smallest absolute Gasteiger partial charge is 0.191 e. The molecule has 28 heavy (non-hydrogen) atoms. The van der Waals surface area contributed by atoms with E-state index in [0.717, 1.165) is 57.3 Å². The minimum atomic E-state index is -0.0929. The van der Waals surface area contributed by atoms with Crippen molar-refractivity contribution < 1.29 is 4.74 Å². The molecule has 0 spiro atoms. The molecule has 1 fully saturated rings. The van der Waals surface area contributed by atoms with Crippen LogP contribution in [0.3, 0.4) is 0 Å². The standard InChI is InChI=1S/C21H31N5O.HI/c1-3-22-20(25-17-21(2)11-7-15-27-21)24-16-19-23-12-14-26(19)13-10-18-8-5-4-6-9-18;/h4-6,8-9,12,14H,3,7,10-11,13,15-17H2,1-2H3,(H2,22,24,25);1H. The molecule has 1 aliphatic rings. The number of imidazole rings is 1. The number of hydrogen-bond acceptors (Lipinski definition) is 3. The lowest BCUT2D eigenvalue weighted by atomic mass is 10.0. The average molecular weight is 497 g/mol. The van der Waals surface area contributed by atoms with E-state index < -0.39 is 0 Å². The van der Waals surface area contributed by atoms with Crippen LogP contribution in [0.2, 0.25) is 0 Å². The molecule has 154 valence electrons. The van der Waals surface area contributed by atoms with E-state index in [4.69, 9.17) is 9.73 Å². The zero-order valence-electron chi connectivity index (χ0n) is 16.9. The molecule has 6 nitrogen and oxygen atoms in total. The number of nitrogens with one attached hydrogen (secondary N) is 2. The van der Waals surface area contributed by atoms with Crippen LogP contribution in [0.4, 0.5) is 0 Å². The van der Waals surface area contributed by atoms with Crippen LogP contribution in [0.25, 0.3) is 0 Å². The first-order chi connectivity index (χ1) is 13.2. The Labute approximate surface area is 185 Å². The summed E-state index contributed by atoms with van der Waals surface area (Å²) in [5.74, 6) is 1.79. The number of rotatable bonds is 8. The highest BCUT2D eigenvalue weighted by molar-refractivity contribution is 14.0. The third-order valence-corrected chi connectivity index (χ3v) is 4.94. The monoisotopic (exact) mass is 497 g/mol.